The van der Waals surface area contributed by atoms with Crippen molar-refractivity contribution in [3.05, 3.63) is 0 Å². The molecule has 110 valence electrons. The average molecular weight is 270 g/mol. The third kappa shape index (κ3) is 6.08. The fourth-order valence-electron chi connectivity index (χ4n) is 2.53. The fourth-order valence-corrected chi connectivity index (χ4v) is 2.53. The minimum Gasteiger partial charge on any atom is -0.481 e. The van der Waals surface area contributed by atoms with Gasteiger partial charge in [0.05, 0.1) is 12.0 Å². The molecule has 0 aliphatic heterocycles. The molecule has 0 aromatic rings. The number of carbonyl (C=O) groups is 2. The highest BCUT2D eigenvalue weighted by Crippen LogP contribution is 2.28. The van der Waals surface area contributed by atoms with Gasteiger partial charge in [-0.25, -0.2) is 0 Å². The van der Waals surface area contributed by atoms with Gasteiger partial charge >= 0.3 is 11.9 Å². The van der Waals surface area contributed by atoms with Crippen molar-refractivity contribution < 1.29 is 19.4 Å². The first kappa shape index (κ1) is 16.0. The van der Waals surface area contributed by atoms with Gasteiger partial charge in [-0.2, -0.15) is 0 Å². The molecule has 0 unspecified atom stereocenters. The lowest BCUT2D eigenvalue weighted by Crippen LogP contribution is -2.29. The topological polar surface area (TPSA) is 63.6 Å². The maximum atomic E-state index is 12.0. The normalized spacial score (nSPS) is 17.2. The first-order valence-corrected chi connectivity index (χ1v) is 7.31. The Kier molecular flexibility index (Phi) is 6.32. The van der Waals surface area contributed by atoms with E-state index in [1.165, 1.54) is 19.3 Å². The molecule has 1 aliphatic carbocycles. The molecule has 0 amide bonds. The summed E-state index contributed by atoms with van der Waals surface area (Å²) in [6.07, 6.45) is 7.28. The van der Waals surface area contributed by atoms with Gasteiger partial charge in [0.25, 0.3) is 0 Å². The maximum absolute atomic E-state index is 12.0. The molecule has 0 aromatic carbocycles. The van der Waals surface area contributed by atoms with Crippen molar-refractivity contribution in [3.63, 3.8) is 0 Å². The Morgan fingerprint density at radius 2 is 1.84 bits per heavy atom. The summed E-state index contributed by atoms with van der Waals surface area (Å²) >= 11 is 0. The van der Waals surface area contributed by atoms with Gasteiger partial charge in [0, 0.05) is 6.42 Å². The molecule has 4 nitrogen and oxygen atoms in total. The second-order valence-electron chi connectivity index (χ2n) is 6.23. The lowest BCUT2D eigenvalue weighted by molar-refractivity contribution is -0.156. The van der Waals surface area contributed by atoms with Crippen LogP contribution in [0.1, 0.15) is 65.2 Å². The van der Waals surface area contributed by atoms with Crippen molar-refractivity contribution >= 4 is 11.9 Å². The molecule has 1 N–H and O–H groups in total. The van der Waals surface area contributed by atoms with Gasteiger partial charge in [0.15, 0.2) is 0 Å². The second-order valence-corrected chi connectivity index (χ2v) is 6.23. The molecule has 0 saturated heterocycles. The van der Waals surface area contributed by atoms with Gasteiger partial charge in [-0.15, -0.1) is 0 Å². The van der Waals surface area contributed by atoms with Crippen molar-refractivity contribution in [2.45, 2.75) is 65.2 Å². The third-order valence-electron chi connectivity index (χ3n) is 3.92. The number of carboxylic acid groups (broad SMARTS) is 1. The van der Waals surface area contributed by atoms with Crippen molar-refractivity contribution in [2.75, 3.05) is 6.61 Å². The fraction of sp³-hybridized carbons (Fsp3) is 0.867. The lowest BCUT2D eigenvalue weighted by Gasteiger charge is -2.26. The lowest BCUT2D eigenvalue weighted by atomic mass is 9.87. The smallest absolute Gasteiger partial charge is 0.311 e. The van der Waals surface area contributed by atoms with Gasteiger partial charge in [-0.3, -0.25) is 9.59 Å². The molecule has 19 heavy (non-hydrogen) atoms. The van der Waals surface area contributed by atoms with E-state index in [9.17, 15) is 9.59 Å². The minimum atomic E-state index is -0.814. The maximum Gasteiger partial charge on any atom is 0.311 e. The summed E-state index contributed by atoms with van der Waals surface area (Å²) in [5, 5.41) is 8.61. The molecule has 1 saturated carbocycles. The van der Waals surface area contributed by atoms with E-state index < -0.39 is 11.4 Å². The van der Waals surface area contributed by atoms with Gasteiger partial charge in [-0.1, -0.05) is 19.3 Å². The number of rotatable bonds is 7. The highest BCUT2D eigenvalue weighted by molar-refractivity contribution is 5.76. The van der Waals surface area contributed by atoms with Crippen LogP contribution in [-0.4, -0.2) is 23.7 Å². The molecule has 0 atom stereocenters. The molecule has 0 aromatic heterocycles. The molecule has 1 rings (SSSR count). The van der Waals surface area contributed by atoms with E-state index in [2.05, 4.69) is 0 Å². The number of esters is 1. The van der Waals surface area contributed by atoms with Crippen LogP contribution in [0.15, 0.2) is 0 Å². The van der Waals surface area contributed by atoms with Crippen LogP contribution in [0.25, 0.3) is 0 Å². The number of carboxylic acids is 1. The summed E-state index contributed by atoms with van der Waals surface area (Å²) in [5.41, 5.74) is -0.579. The Balaban J connectivity index is 2.27. The van der Waals surface area contributed by atoms with Gasteiger partial charge < -0.3 is 9.84 Å². The van der Waals surface area contributed by atoms with E-state index in [1.807, 2.05) is 13.8 Å². The number of hydrogen-bond donors (Lipinski definition) is 1. The van der Waals surface area contributed by atoms with Crippen molar-refractivity contribution in [1.82, 2.24) is 0 Å². The Labute approximate surface area is 115 Å². The van der Waals surface area contributed by atoms with Crippen LogP contribution in [0.4, 0.5) is 0 Å². The molecule has 0 spiro atoms. The van der Waals surface area contributed by atoms with Crippen LogP contribution in [-0.2, 0) is 14.3 Å². The molecule has 4 heteroatoms. The summed E-state index contributed by atoms with van der Waals surface area (Å²) in [6, 6.07) is 0. The highest BCUT2D eigenvalue weighted by atomic mass is 16.5. The van der Waals surface area contributed by atoms with Gasteiger partial charge in [-0.05, 0) is 45.4 Å². The first-order chi connectivity index (χ1) is 8.92. The van der Waals surface area contributed by atoms with E-state index in [0.29, 0.717) is 25.4 Å². The van der Waals surface area contributed by atoms with Crippen LogP contribution in [0.3, 0.4) is 0 Å². The van der Waals surface area contributed by atoms with Crippen molar-refractivity contribution in [3.8, 4) is 0 Å². The average Bonchev–Trinajstić information content (AvgIpc) is 2.36. The molecule has 0 radical (unpaired) electrons. The number of hydrogen-bond acceptors (Lipinski definition) is 3. The predicted molar refractivity (Wildman–Crippen MR) is 72.8 cm³/mol. The van der Waals surface area contributed by atoms with E-state index in [0.717, 1.165) is 12.8 Å². The third-order valence-corrected chi connectivity index (χ3v) is 3.92. The van der Waals surface area contributed by atoms with E-state index in [-0.39, 0.29) is 12.4 Å². The summed E-state index contributed by atoms with van der Waals surface area (Å²) in [7, 11) is 0. The standard InChI is InChI=1S/C15H26O4/c1-15(2,10-6-9-13(16)17)14(18)19-11-12-7-4-3-5-8-12/h12H,3-11H2,1-2H3,(H,16,17). The molecule has 0 bridgehead atoms. The van der Waals surface area contributed by atoms with Gasteiger partial charge in [0.2, 0.25) is 0 Å². The molecular weight excluding hydrogens is 244 g/mol. The van der Waals surface area contributed by atoms with E-state index in [1.54, 1.807) is 0 Å². The van der Waals surface area contributed by atoms with Crippen LogP contribution < -0.4 is 0 Å². The summed E-state index contributed by atoms with van der Waals surface area (Å²) < 4.78 is 5.42. The Morgan fingerprint density at radius 1 is 1.21 bits per heavy atom. The zero-order valence-electron chi connectivity index (χ0n) is 12.1. The summed E-state index contributed by atoms with van der Waals surface area (Å²) in [4.78, 5) is 22.5. The minimum absolute atomic E-state index is 0.110. The van der Waals surface area contributed by atoms with Crippen LogP contribution in [0.5, 0.6) is 0 Å². The summed E-state index contributed by atoms with van der Waals surface area (Å²) in [5.74, 6) is -0.484. The first-order valence-electron chi connectivity index (χ1n) is 7.31. The SMILES string of the molecule is CC(C)(CCCC(=O)O)C(=O)OCC1CCCCC1. The zero-order chi connectivity index (χ0) is 14.3. The summed E-state index contributed by atoms with van der Waals surface area (Å²) in [6.45, 7) is 4.19. The van der Waals surface area contributed by atoms with Crippen LogP contribution >= 0.6 is 0 Å². The number of ether oxygens (including phenoxy) is 1. The Hall–Kier alpha value is -1.06. The number of aliphatic carboxylic acids is 1. The van der Waals surface area contributed by atoms with E-state index in [4.69, 9.17) is 9.84 Å². The molecule has 1 aliphatic rings. The monoisotopic (exact) mass is 270 g/mol. The predicted octanol–water partition coefficient (Wildman–Crippen LogP) is 3.39. The Morgan fingerprint density at radius 3 is 2.42 bits per heavy atom. The zero-order valence-corrected chi connectivity index (χ0v) is 12.1. The van der Waals surface area contributed by atoms with Crippen LogP contribution in [0, 0.1) is 11.3 Å². The molecule has 0 heterocycles. The molecule has 1 fully saturated rings. The Bertz CT molecular complexity index is 303. The number of carbonyl (C=O) groups excluding carboxylic acids is 1. The molecular formula is C15H26O4. The highest BCUT2D eigenvalue weighted by Gasteiger charge is 2.29. The quantitative estimate of drug-likeness (QED) is 0.720. The van der Waals surface area contributed by atoms with Crippen molar-refractivity contribution in [2.24, 2.45) is 11.3 Å². The van der Waals surface area contributed by atoms with Crippen LogP contribution in [0.2, 0.25) is 0 Å². The van der Waals surface area contributed by atoms with Crippen molar-refractivity contribution in [1.29, 1.82) is 0 Å². The largest absolute Gasteiger partial charge is 0.481 e. The second kappa shape index (κ2) is 7.51. The van der Waals surface area contributed by atoms with Gasteiger partial charge in [0.1, 0.15) is 0 Å². The van der Waals surface area contributed by atoms with E-state index >= 15 is 0 Å².